The van der Waals surface area contributed by atoms with Crippen LogP contribution in [0.3, 0.4) is 0 Å². The molecule has 3 rings (SSSR count). The minimum absolute atomic E-state index is 0.148. The number of halogens is 1. The number of rotatable bonds is 5. The molecule has 0 aliphatic heterocycles. The van der Waals surface area contributed by atoms with E-state index in [-0.39, 0.29) is 5.28 Å². The molecular formula is C15H13ClN4O3. The van der Waals surface area contributed by atoms with Gasteiger partial charge in [-0.1, -0.05) is 5.16 Å². The highest BCUT2D eigenvalue weighted by Crippen LogP contribution is 2.32. The first-order valence-corrected chi connectivity index (χ1v) is 7.02. The number of hydrogen-bond donors (Lipinski definition) is 1. The van der Waals surface area contributed by atoms with Crippen LogP contribution in [0.25, 0.3) is 11.3 Å². The topological polar surface area (TPSA) is 82.3 Å². The Bertz CT molecular complexity index is 822. The van der Waals surface area contributed by atoms with Gasteiger partial charge in [0.25, 0.3) is 0 Å². The highest BCUT2D eigenvalue weighted by atomic mass is 35.5. The average Bonchev–Trinajstić information content (AvgIpc) is 3.02. The number of methoxy groups -OCH3 is 2. The minimum Gasteiger partial charge on any atom is -0.493 e. The van der Waals surface area contributed by atoms with Crippen molar-refractivity contribution in [3.05, 3.63) is 41.8 Å². The maximum Gasteiger partial charge on any atom is 0.230 e. The van der Waals surface area contributed by atoms with Gasteiger partial charge in [0.15, 0.2) is 11.5 Å². The van der Waals surface area contributed by atoms with Crippen LogP contribution in [0.2, 0.25) is 5.28 Å². The molecule has 1 aromatic carbocycles. The Hall–Kier alpha value is -2.80. The molecule has 0 saturated carbocycles. The molecule has 0 bridgehead atoms. The van der Waals surface area contributed by atoms with Gasteiger partial charge in [-0.2, -0.15) is 0 Å². The lowest BCUT2D eigenvalue weighted by Gasteiger charge is -2.07. The second kappa shape index (κ2) is 6.53. The van der Waals surface area contributed by atoms with Gasteiger partial charge in [0, 0.05) is 17.8 Å². The van der Waals surface area contributed by atoms with Crippen LogP contribution in [0.4, 0.5) is 11.7 Å². The Morgan fingerprint density at radius 2 is 1.91 bits per heavy atom. The number of benzene rings is 1. The van der Waals surface area contributed by atoms with Gasteiger partial charge in [-0.05, 0) is 35.9 Å². The fourth-order valence-electron chi connectivity index (χ4n) is 2.00. The van der Waals surface area contributed by atoms with Crippen LogP contribution in [0.15, 0.2) is 41.1 Å². The lowest BCUT2D eigenvalue weighted by molar-refractivity contribution is 0.355. The third kappa shape index (κ3) is 3.35. The largest absolute Gasteiger partial charge is 0.493 e. The van der Waals surface area contributed by atoms with Gasteiger partial charge < -0.3 is 19.3 Å². The van der Waals surface area contributed by atoms with Crippen molar-refractivity contribution >= 4 is 23.3 Å². The fraction of sp³-hybridized carbons (Fsp3) is 0.133. The average molecular weight is 333 g/mol. The number of nitrogens with one attached hydrogen (secondary N) is 1. The smallest absolute Gasteiger partial charge is 0.230 e. The summed E-state index contributed by atoms with van der Waals surface area (Å²) in [6, 6.07) is 8.91. The van der Waals surface area contributed by atoms with E-state index in [2.05, 4.69) is 20.4 Å². The van der Waals surface area contributed by atoms with Crippen molar-refractivity contribution in [3.8, 4) is 22.8 Å². The molecule has 0 fully saturated rings. The highest BCUT2D eigenvalue weighted by molar-refractivity contribution is 6.28. The minimum atomic E-state index is 0.148. The van der Waals surface area contributed by atoms with Gasteiger partial charge in [0.2, 0.25) is 11.2 Å². The van der Waals surface area contributed by atoms with Gasteiger partial charge >= 0.3 is 0 Å². The van der Waals surface area contributed by atoms with Crippen LogP contribution in [-0.4, -0.2) is 29.3 Å². The third-order valence-corrected chi connectivity index (χ3v) is 3.25. The monoisotopic (exact) mass is 332 g/mol. The fourth-order valence-corrected chi connectivity index (χ4v) is 2.14. The van der Waals surface area contributed by atoms with Crippen molar-refractivity contribution < 1.29 is 14.0 Å². The molecule has 3 aromatic rings. The van der Waals surface area contributed by atoms with Gasteiger partial charge in [-0.3, -0.25) is 0 Å². The Morgan fingerprint density at radius 1 is 1.09 bits per heavy atom. The summed E-state index contributed by atoms with van der Waals surface area (Å²) in [7, 11) is 3.17. The number of nitrogens with zero attached hydrogens (tertiary/aromatic N) is 3. The van der Waals surface area contributed by atoms with Crippen LogP contribution in [0.1, 0.15) is 0 Å². The molecule has 23 heavy (non-hydrogen) atoms. The molecule has 0 amide bonds. The van der Waals surface area contributed by atoms with Crippen LogP contribution in [0, 0.1) is 0 Å². The quantitative estimate of drug-likeness (QED) is 0.715. The summed E-state index contributed by atoms with van der Waals surface area (Å²) >= 11 is 5.74. The summed E-state index contributed by atoms with van der Waals surface area (Å²) in [6.45, 7) is 0. The molecule has 0 radical (unpaired) electrons. The molecule has 1 N–H and O–H groups in total. The molecule has 2 heterocycles. The van der Waals surface area contributed by atoms with E-state index < -0.39 is 0 Å². The maximum absolute atomic E-state index is 5.74. The lowest BCUT2D eigenvalue weighted by atomic mass is 10.1. The summed E-state index contributed by atoms with van der Waals surface area (Å²) in [4.78, 5) is 7.83. The predicted molar refractivity (Wildman–Crippen MR) is 85.4 cm³/mol. The molecule has 8 heteroatoms. The van der Waals surface area contributed by atoms with E-state index in [1.54, 1.807) is 38.6 Å². The van der Waals surface area contributed by atoms with Crippen molar-refractivity contribution in [1.29, 1.82) is 0 Å². The van der Waals surface area contributed by atoms with E-state index in [1.807, 2.05) is 12.1 Å². The van der Waals surface area contributed by atoms with E-state index in [0.29, 0.717) is 28.9 Å². The van der Waals surface area contributed by atoms with Crippen molar-refractivity contribution in [2.24, 2.45) is 0 Å². The molecule has 0 unspecified atom stereocenters. The zero-order valence-electron chi connectivity index (χ0n) is 12.4. The van der Waals surface area contributed by atoms with E-state index in [4.69, 9.17) is 25.6 Å². The molecule has 0 aliphatic carbocycles. The molecule has 0 spiro atoms. The molecule has 118 valence electrons. The summed E-state index contributed by atoms with van der Waals surface area (Å²) in [6.07, 6.45) is 1.54. The Morgan fingerprint density at radius 3 is 2.65 bits per heavy atom. The zero-order valence-corrected chi connectivity index (χ0v) is 13.2. The number of aromatic nitrogens is 3. The van der Waals surface area contributed by atoms with Crippen molar-refractivity contribution in [3.63, 3.8) is 0 Å². The van der Waals surface area contributed by atoms with Crippen LogP contribution >= 0.6 is 11.6 Å². The van der Waals surface area contributed by atoms with Gasteiger partial charge in [-0.25, -0.2) is 9.97 Å². The number of hydrogen-bond acceptors (Lipinski definition) is 7. The summed E-state index contributed by atoms with van der Waals surface area (Å²) in [5.41, 5.74) is 1.48. The SMILES string of the molecule is COc1ccc(-c2cc(Nc3ccnc(Cl)n3)on2)cc1OC. The molecular weight excluding hydrogens is 320 g/mol. The summed E-state index contributed by atoms with van der Waals surface area (Å²) < 4.78 is 15.8. The molecule has 0 aliphatic rings. The molecule has 0 atom stereocenters. The highest BCUT2D eigenvalue weighted by Gasteiger charge is 2.11. The Kier molecular flexibility index (Phi) is 4.29. The van der Waals surface area contributed by atoms with Gasteiger partial charge in [-0.15, -0.1) is 0 Å². The first-order chi connectivity index (χ1) is 11.2. The lowest BCUT2D eigenvalue weighted by Crippen LogP contribution is -1.93. The van der Waals surface area contributed by atoms with Crippen molar-refractivity contribution in [2.75, 3.05) is 19.5 Å². The number of ether oxygens (including phenoxy) is 2. The second-order valence-corrected chi connectivity index (χ2v) is 4.82. The normalized spacial score (nSPS) is 10.4. The van der Waals surface area contributed by atoms with E-state index in [9.17, 15) is 0 Å². The van der Waals surface area contributed by atoms with Gasteiger partial charge in [0.05, 0.1) is 14.2 Å². The van der Waals surface area contributed by atoms with Crippen LogP contribution in [-0.2, 0) is 0 Å². The third-order valence-electron chi connectivity index (χ3n) is 3.07. The van der Waals surface area contributed by atoms with Crippen molar-refractivity contribution in [1.82, 2.24) is 15.1 Å². The van der Waals surface area contributed by atoms with Crippen molar-refractivity contribution in [2.45, 2.75) is 0 Å². The maximum atomic E-state index is 5.74. The van der Waals surface area contributed by atoms with Gasteiger partial charge in [0.1, 0.15) is 11.5 Å². The van der Waals surface area contributed by atoms with E-state index in [0.717, 1.165) is 5.56 Å². The second-order valence-electron chi connectivity index (χ2n) is 4.48. The zero-order chi connectivity index (χ0) is 16.2. The Labute approximate surface area is 137 Å². The first kappa shape index (κ1) is 15.1. The standard InChI is InChI=1S/C15H13ClN4O3/c1-21-11-4-3-9(7-12(11)22-2)10-8-14(23-20-10)18-13-5-6-17-15(16)19-13/h3-8H,1-2H3,(H,17,18,19). The number of anilines is 2. The van der Waals surface area contributed by atoms with Crippen LogP contribution < -0.4 is 14.8 Å². The predicted octanol–water partition coefficient (Wildman–Crippen LogP) is 3.55. The first-order valence-electron chi connectivity index (χ1n) is 6.64. The van der Waals surface area contributed by atoms with Crippen LogP contribution in [0.5, 0.6) is 11.5 Å². The Balaban J connectivity index is 1.84. The van der Waals surface area contributed by atoms with E-state index >= 15 is 0 Å². The summed E-state index contributed by atoms with van der Waals surface area (Å²) in [5, 5.41) is 7.14. The summed E-state index contributed by atoms with van der Waals surface area (Å²) in [5.74, 6) is 2.21. The van der Waals surface area contributed by atoms with E-state index in [1.165, 1.54) is 0 Å². The molecule has 0 saturated heterocycles. The molecule has 7 nitrogen and oxygen atoms in total. The molecule has 2 aromatic heterocycles.